The van der Waals surface area contributed by atoms with Crippen molar-refractivity contribution in [1.82, 2.24) is 0 Å². The van der Waals surface area contributed by atoms with Crippen molar-refractivity contribution in [3.05, 3.63) is 60.2 Å². The lowest BCUT2D eigenvalue weighted by atomic mass is 9.88. The number of carbonyl (C=O) groups is 1. The van der Waals surface area contributed by atoms with Crippen LogP contribution in [0.2, 0.25) is 0 Å². The Balaban J connectivity index is 2.47. The van der Waals surface area contributed by atoms with E-state index in [-0.39, 0.29) is 18.1 Å². The highest BCUT2D eigenvalue weighted by atomic mass is 16.1. The SMILES string of the molecule is CC(=O)CC(C#N)c1ccccc1-c1ccccc1. The van der Waals surface area contributed by atoms with Gasteiger partial charge in [0.1, 0.15) is 5.78 Å². The van der Waals surface area contributed by atoms with Crippen molar-refractivity contribution in [1.29, 1.82) is 5.26 Å². The molecule has 0 N–H and O–H groups in total. The summed E-state index contributed by atoms with van der Waals surface area (Å²) in [5, 5.41) is 9.30. The lowest BCUT2D eigenvalue weighted by Crippen LogP contribution is -2.03. The zero-order valence-corrected chi connectivity index (χ0v) is 10.8. The molecule has 0 spiro atoms. The molecule has 2 aromatic rings. The highest BCUT2D eigenvalue weighted by Crippen LogP contribution is 2.30. The largest absolute Gasteiger partial charge is 0.300 e. The van der Waals surface area contributed by atoms with Crippen LogP contribution in [0.25, 0.3) is 11.1 Å². The number of hydrogen-bond donors (Lipinski definition) is 0. The van der Waals surface area contributed by atoms with E-state index >= 15 is 0 Å². The van der Waals surface area contributed by atoms with Crippen molar-refractivity contribution < 1.29 is 4.79 Å². The van der Waals surface area contributed by atoms with Crippen molar-refractivity contribution in [2.24, 2.45) is 0 Å². The third-order valence-electron chi connectivity index (χ3n) is 3.07. The molecular formula is C17H15NO. The number of nitrogens with zero attached hydrogens (tertiary/aromatic N) is 1. The minimum atomic E-state index is -0.381. The molecule has 2 nitrogen and oxygen atoms in total. The second-order valence-electron chi connectivity index (χ2n) is 4.54. The van der Waals surface area contributed by atoms with Gasteiger partial charge in [0, 0.05) is 6.42 Å². The molecule has 0 saturated heterocycles. The first-order valence-corrected chi connectivity index (χ1v) is 6.25. The van der Waals surface area contributed by atoms with E-state index in [1.165, 1.54) is 6.92 Å². The second kappa shape index (κ2) is 5.97. The van der Waals surface area contributed by atoms with E-state index in [0.717, 1.165) is 16.7 Å². The van der Waals surface area contributed by atoms with Crippen LogP contribution < -0.4 is 0 Å². The van der Waals surface area contributed by atoms with E-state index in [0.29, 0.717) is 0 Å². The van der Waals surface area contributed by atoms with Crippen LogP contribution in [0.4, 0.5) is 0 Å². The van der Waals surface area contributed by atoms with Crippen molar-refractivity contribution >= 4 is 5.78 Å². The van der Waals surface area contributed by atoms with Gasteiger partial charge in [-0.1, -0.05) is 54.6 Å². The van der Waals surface area contributed by atoms with Gasteiger partial charge in [0.2, 0.25) is 0 Å². The van der Waals surface area contributed by atoms with Gasteiger partial charge in [0.05, 0.1) is 12.0 Å². The summed E-state index contributed by atoms with van der Waals surface area (Å²) in [6, 6.07) is 20.0. The molecule has 0 amide bonds. The summed E-state index contributed by atoms with van der Waals surface area (Å²) in [7, 11) is 0. The Morgan fingerprint density at radius 1 is 1.11 bits per heavy atom. The van der Waals surface area contributed by atoms with Gasteiger partial charge in [-0.25, -0.2) is 0 Å². The van der Waals surface area contributed by atoms with Crippen LogP contribution in [0.5, 0.6) is 0 Å². The third kappa shape index (κ3) is 3.08. The lowest BCUT2D eigenvalue weighted by molar-refractivity contribution is -0.117. The van der Waals surface area contributed by atoms with Crippen LogP contribution in [-0.2, 0) is 4.79 Å². The number of nitriles is 1. The number of benzene rings is 2. The van der Waals surface area contributed by atoms with Gasteiger partial charge in [-0.05, 0) is 23.6 Å². The molecule has 0 aliphatic carbocycles. The smallest absolute Gasteiger partial charge is 0.131 e. The average molecular weight is 249 g/mol. The number of Topliss-reactive ketones (excluding diaryl/α,β-unsaturated/α-hetero) is 1. The second-order valence-corrected chi connectivity index (χ2v) is 4.54. The Bertz CT molecular complexity index is 611. The molecule has 0 heterocycles. The Kier molecular flexibility index (Phi) is 4.10. The monoisotopic (exact) mass is 249 g/mol. The Hall–Kier alpha value is -2.40. The maximum absolute atomic E-state index is 11.3. The summed E-state index contributed by atoms with van der Waals surface area (Å²) in [6.07, 6.45) is 0.264. The van der Waals surface area contributed by atoms with E-state index < -0.39 is 0 Å². The fraction of sp³-hybridized carbons (Fsp3) is 0.176. The van der Waals surface area contributed by atoms with Crippen LogP contribution in [0.3, 0.4) is 0 Å². The van der Waals surface area contributed by atoms with Gasteiger partial charge in [0.25, 0.3) is 0 Å². The first-order chi connectivity index (χ1) is 9.22. The summed E-state index contributed by atoms with van der Waals surface area (Å²) < 4.78 is 0. The first-order valence-electron chi connectivity index (χ1n) is 6.25. The van der Waals surface area contributed by atoms with Crippen LogP contribution >= 0.6 is 0 Å². The number of rotatable bonds is 4. The summed E-state index contributed by atoms with van der Waals surface area (Å²) >= 11 is 0. The zero-order chi connectivity index (χ0) is 13.7. The molecule has 0 bridgehead atoms. The Morgan fingerprint density at radius 3 is 2.37 bits per heavy atom. The first kappa shape index (κ1) is 13.0. The van der Waals surface area contributed by atoms with E-state index in [1.54, 1.807) is 0 Å². The summed E-state index contributed by atoms with van der Waals surface area (Å²) in [5.41, 5.74) is 3.02. The van der Waals surface area contributed by atoms with Gasteiger partial charge in [-0.2, -0.15) is 5.26 Å². The molecular weight excluding hydrogens is 234 g/mol. The third-order valence-corrected chi connectivity index (χ3v) is 3.07. The molecule has 0 aromatic heterocycles. The van der Waals surface area contributed by atoms with Gasteiger partial charge < -0.3 is 0 Å². The minimum absolute atomic E-state index is 0.0365. The summed E-state index contributed by atoms with van der Waals surface area (Å²) in [5.74, 6) is -0.344. The predicted octanol–water partition coefficient (Wildman–Crippen LogP) is 3.94. The van der Waals surface area contributed by atoms with Crippen molar-refractivity contribution in [3.63, 3.8) is 0 Å². The van der Waals surface area contributed by atoms with Crippen molar-refractivity contribution in [2.45, 2.75) is 19.3 Å². The molecule has 0 fully saturated rings. The van der Waals surface area contributed by atoms with E-state index in [2.05, 4.69) is 6.07 Å². The molecule has 0 aliphatic rings. The fourth-order valence-electron chi connectivity index (χ4n) is 2.19. The number of ketones is 1. The van der Waals surface area contributed by atoms with Crippen LogP contribution in [0.15, 0.2) is 54.6 Å². The van der Waals surface area contributed by atoms with Crippen LogP contribution in [0.1, 0.15) is 24.8 Å². The van der Waals surface area contributed by atoms with Gasteiger partial charge in [-0.15, -0.1) is 0 Å². The normalized spacial score (nSPS) is 11.6. The Morgan fingerprint density at radius 2 is 1.74 bits per heavy atom. The Labute approximate surface area is 113 Å². The quantitative estimate of drug-likeness (QED) is 0.823. The van der Waals surface area contributed by atoms with Gasteiger partial charge >= 0.3 is 0 Å². The molecule has 2 aromatic carbocycles. The minimum Gasteiger partial charge on any atom is -0.300 e. The standard InChI is InChI=1S/C17H15NO/c1-13(19)11-15(12-18)17-10-6-5-9-16(17)14-7-3-2-4-8-14/h2-10,15H,11H2,1H3. The zero-order valence-electron chi connectivity index (χ0n) is 10.8. The van der Waals surface area contributed by atoms with Crippen LogP contribution in [-0.4, -0.2) is 5.78 Å². The van der Waals surface area contributed by atoms with E-state index in [1.807, 2.05) is 54.6 Å². The van der Waals surface area contributed by atoms with E-state index in [9.17, 15) is 10.1 Å². The number of hydrogen-bond acceptors (Lipinski definition) is 2. The van der Waals surface area contributed by atoms with Crippen LogP contribution in [0, 0.1) is 11.3 Å². The van der Waals surface area contributed by atoms with E-state index in [4.69, 9.17) is 0 Å². The summed E-state index contributed by atoms with van der Waals surface area (Å²) in [6.45, 7) is 1.52. The molecule has 0 aliphatic heterocycles. The maximum Gasteiger partial charge on any atom is 0.131 e. The molecule has 0 radical (unpaired) electrons. The molecule has 2 heteroatoms. The topological polar surface area (TPSA) is 40.9 Å². The van der Waals surface area contributed by atoms with Gasteiger partial charge in [-0.3, -0.25) is 4.79 Å². The fourth-order valence-corrected chi connectivity index (χ4v) is 2.19. The molecule has 94 valence electrons. The molecule has 1 unspecified atom stereocenters. The summed E-state index contributed by atoms with van der Waals surface area (Å²) in [4.78, 5) is 11.3. The average Bonchev–Trinajstić information content (AvgIpc) is 2.45. The lowest BCUT2D eigenvalue weighted by Gasteiger charge is -2.13. The molecule has 0 saturated carbocycles. The molecule has 1 atom stereocenters. The molecule has 2 rings (SSSR count). The highest BCUT2D eigenvalue weighted by molar-refractivity contribution is 5.78. The highest BCUT2D eigenvalue weighted by Gasteiger charge is 2.17. The van der Waals surface area contributed by atoms with Crippen molar-refractivity contribution in [3.8, 4) is 17.2 Å². The molecule has 19 heavy (non-hydrogen) atoms. The van der Waals surface area contributed by atoms with Crippen molar-refractivity contribution in [2.75, 3.05) is 0 Å². The number of carbonyl (C=O) groups excluding carboxylic acids is 1. The predicted molar refractivity (Wildman–Crippen MR) is 75.5 cm³/mol. The maximum atomic E-state index is 11.3. The van der Waals surface area contributed by atoms with Gasteiger partial charge in [0.15, 0.2) is 0 Å².